The van der Waals surface area contributed by atoms with Crippen LogP contribution in [0, 0.1) is 11.8 Å². The normalized spacial score (nSPS) is 18.2. The summed E-state index contributed by atoms with van der Waals surface area (Å²) in [5, 5.41) is 8.87. The fourth-order valence-corrected chi connectivity index (χ4v) is 4.98. The Morgan fingerprint density at radius 3 is 2.68 bits per heavy atom. The molecule has 22 heavy (non-hydrogen) atoms. The predicted molar refractivity (Wildman–Crippen MR) is 83.8 cm³/mol. The van der Waals surface area contributed by atoms with E-state index in [4.69, 9.17) is 9.84 Å². The van der Waals surface area contributed by atoms with E-state index in [-0.39, 0.29) is 15.0 Å². The Morgan fingerprint density at radius 2 is 2.14 bits per heavy atom. The van der Waals surface area contributed by atoms with Gasteiger partial charge in [-0.1, -0.05) is 13.3 Å². The number of ether oxygens (including phenoxy) is 1. The van der Waals surface area contributed by atoms with Gasteiger partial charge in [-0.05, 0) is 36.8 Å². The number of thiophene rings is 1. The molecule has 0 radical (unpaired) electrons. The summed E-state index contributed by atoms with van der Waals surface area (Å²) < 4.78 is 32.5. The summed E-state index contributed by atoms with van der Waals surface area (Å²) in [4.78, 5) is 10.9. The van der Waals surface area contributed by atoms with E-state index in [9.17, 15) is 13.2 Å². The first-order valence-electron chi connectivity index (χ1n) is 7.34. The maximum Gasteiger partial charge on any atom is 0.345 e. The van der Waals surface area contributed by atoms with E-state index in [0.717, 1.165) is 43.8 Å². The molecule has 124 valence electrons. The molecule has 6 nitrogen and oxygen atoms in total. The topological polar surface area (TPSA) is 92.7 Å². The Balaban J connectivity index is 1.99. The molecule has 1 atom stereocenters. The van der Waals surface area contributed by atoms with Crippen molar-refractivity contribution in [2.45, 2.75) is 30.4 Å². The number of nitrogens with one attached hydrogen (secondary N) is 1. The molecule has 0 saturated carbocycles. The van der Waals surface area contributed by atoms with Crippen molar-refractivity contribution in [1.82, 2.24) is 4.72 Å². The number of carboxylic acids is 1. The first-order valence-corrected chi connectivity index (χ1v) is 9.64. The molecule has 2 rings (SSSR count). The molecule has 0 bridgehead atoms. The van der Waals surface area contributed by atoms with Crippen LogP contribution >= 0.6 is 11.3 Å². The highest BCUT2D eigenvalue weighted by molar-refractivity contribution is 7.91. The van der Waals surface area contributed by atoms with Gasteiger partial charge in [0.1, 0.15) is 9.09 Å². The van der Waals surface area contributed by atoms with E-state index < -0.39 is 16.0 Å². The lowest BCUT2D eigenvalue weighted by Crippen LogP contribution is -2.34. The van der Waals surface area contributed by atoms with E-state index in [1.807, 2.05) is 0 Å². The van der Waals surface area contributed by atoms with Crippen LogP contribution in [0.25, 0.3) is 0 Å². The molecule has 1 fully saturated rings. The zero-order valence-electron chi connectivity index (χ0n) is 12.4. The third-order valence-corrected chi connectivity index (χ3v) is 7.04. The monoisotopic (exact) mass is 347 g/mol. The Morgan fingerprint density at radius 1 is 1.45 bits per heavy atom. The van der Waals surface area contributed by atoms with E-state index >= 15 is 0 Å². The quantitative estimate of drug-likeness (QED) is 0.788. The van der Waals surface area contributed by atoms with Gasteiger partial charge in [-0.2, -0.15) is 0 Å². The van der Waals surface area contributed by atoms with E-state index in [1.165, 1.54) is 12.1 Å². The fourth-order valence-electron chi connectivity index (χ4n) is 2.70. The Kier molecular flexibility index (Phi) is 5.96. The van der Waals surface area contributed by atoms with E-state index in [2.05, 4.69) is 11.6 Å². The molecular weight excluding hydrogens is 326 g/mol. The summed E-state index contributed by atoms with van der Waals surface area (Å²) in [5.41, 5.74) is 0. The lowest BCUT2D eigenvalue weighted by atomic mass is 9.84. The van der Waals surface area contributed by atoms with Gasteiger partial charge in [0, 0.05) is 19.8 Å². The van der Waals surface area contributed by atoms with E-state index in [0.29, 0.717) is 12.5 Å². The van der Waals surface area contributed by atoms with Crippen LogP contribution < -0.4 is 4.72 Å². The smallest absolute Gasteiger partial charge is 0.345 e. The van der Waals surface area contributed by atoms with Gasteiger partial charge in [-0.3, -0.25) is 0 Å². The van der Waals surface area contributed by atoms with Gasteiger partial charge in [-0.15, -0.1) is 11.3 Å². The molecule has 1 saturated heterocycles. The summed E-state index contributed by atoms with van der Waals surface area (Å²) in [6, 6.07) is 2.66. The van der Waals surface area contributed by atoms with Crippen molar-refractivity contribution < 1.29 is 23.1 Å². The van der Waals surface area contributed by atoms with Gasteiger partial charge in [0.05, 0.1) is 0 Å². The highest BCUT2D eigenvalue weighted by Gasteiger charge is 2.25. The molecule has 2 heterocycles. The second-order valence-corrected chi connectivity index (χ2v) is 8.47. The van der Waals surface area contributed by atoms with Crippen LogP contribution in [0.2, 0.25) is 0 Å². The molecule has 1 unspecified atom stereocenters. The predicted octanol–water partition coefficient (Wildman–Crippen LogP) is 2.18. The number of aromatic carboxylic acids is 1. The van der Waals surface area contributed by atoms with Gasteiger partial charge in [0.25, 0.3) is 0 Å². The van der Waals surface area contributed by atoms with Crippen LogP contribution in [0.5, 0.6) is 0 Å². The van der Waals surface area contributed by atoms with Crippen molar-refractivity contribution in [1.29, 1.82) is 0 Å². The van der Waals surface area contributed by atoms with Crippen LogP contribution in [0.3, 0.4) is 0 Å². The van der Waals surface area contributed by atoms with E-state index in [1.54, 1.807) is 0 Å². The maximum absolute atomic E-state index is 12.3. The van der Waals surface area contributed by atoms with Crippen molar-refractivity contribution in [2.24, 2.45) is 11.8 Å². The molecule has 1 aliphatic heterocycles. The number of carboxylic acid groups (broad SMARTS) is 1. The van der Waals surface area contributed by atoms with Gasteiger partial charge in [0.15, 0.2) is 0 Å². The second-order valence-electron chi connectivity index (χ2n) is 5.39. The number of rotatable bonds is 7. The average molecular weight is 347 g/mol. The van der Waals surface area contributed by atoms with Crippen LogP contribution in [-0.2, 0) is 14.8 Å². The third kappa shape index (κ3) is 4.28. The Hall–Kier alpha value is -0.960. The second kappa shape index (κ2) is 7.54. The van der Waals surface area contributed by atoms with Gasteiger partial charge < -0.3 is 9.84 Å². The maximum atomic E-state index is 12.3. The average Bonchev–Trinajstić information content (AvgIpc) is 3.00. The highest BCUT2D eigenvalue weighted by Crippen LogP contribution is 2.27. The van der Waals surface area contributed by atoms with Crippen molar-refractivity contribution in [3.63, 3.8) is 0 Å². The number of sulfonamides is 1. The molecule has 1 aromatic heterocycles. The number of hydrogen-bond donors (Lipinski definition) is 2. The zero-order chi connectivity index (χ0) is 16.2. The SMILES string of the molecule is CCC(CNS(=O)(=O)c1ccc(C(=O)O)s1)C1CCOCC1. The molecular formula is C14H21NO5S2. The third-order valence-electron chi connectivity index (χ3n) is 4.05. The highest BCUT2D eigenvalue weighted by atomic mass is 32.2. The van der Waals surface area contributed by atoms with Crippen LogP contribution in [0.4, 0.5) is 0 Å². The molecule has 0 aromatic carbocycles. The van der Waals surface area contributed by atoms with Crippen molar-refractivity contribution in [3.05, 3.63) is 17.0 Å². The molecule has 8 heteroatoms. The van der Waals surface area contributed by atoms with Crippen molar-refractivity contribution >= 4 is 27.3 Å². The largest absolute Gasteiger partial charge is 0.477 e. The van der Waals surface area contributed by atoms with Crippen molar-refractivity contribution in [3.8, 4) is 0 Å². The van der Waals surface area contributed by atoms with Gasteiger partial charge >= 0.3 is 5.97 Å². The molecule has 0 spiro atoms. The Bertz CT molecular complexity index is 605. The van der Waals surface area contributed by atoms with Crippen LogP contribution in [0.15, 0.2) is 16.3 Å². The minimum Gasteiger partial charge on any atom is -0.477 e. The first kappa shape index (κ1) is 17.4. The first-order chi connectivity index (χ1) is 10.4. The molecule has 1 aromatic rings. The van der Waals surface area contributed by atoms with Crippen LogP contribution in [0.1, 0.15) is 35.9 Å². The summed E-state index contributed by atoms with van der Waals surface area (Å²) >= 11 is 0.773. The van der Waals surface area contributed by atoms with Gasteiger partial charge in [-0.25, -0.2) is 17.9 Å². The Labute approximate surface area is 134 Å². The molecule has 2 N–H and O–H groups in total. The molecule has 0 amide bonds. The summed E-state index contributed by atoms with van der Waals surface area (Å²) in [7, 11) is -3.64. The molecule has 0 aliphatic carbocycles. The molecule has 1 aliphatic rings. The van der Waals surface area contributed by atoms with Crippen LogP contribution in [-0.4, -0.2) is 39.3 Å². The number of carbonyl (C=O) groups is 1. The minimum atomic E-state index is -3.64. The lowest BCUT2D eigenvalue weighted by molar-refractivity contribution is 0.0467. The summed E-state index contributed by atoms with van der Waals surface area (Å²) in [6.45, 7) is 3.91. The lowest BCUT2D eigenvalue weighted by Gasteiger charge is -2.29. The van der Waals surface area contributed by atoms with Gasteiger partial charge in [0.2, 0.25) is 10.0 Å². The summed E-state index contributed by atoms with van der Waals surface area (Å²) in [5.74, 6) is -0.364. The minimum absolute atomic E-state index is 0.0249. The fraction of sp³-hybridized carbons (Fsp3) is 0.643. The number of hydrogen-bond acceptors (Lipinski definition) is 5. The standard InChI is InChI=1S/C14H21NO5S2/c1-2-10(11-5-7-20-8-6-11)9-15-22(18,19)13-4-3-12(21-13)14(16)17/h3-4,10-11,15H,2,5-9H2,1H3,(H,16,17). The summed E-state index contributed by atoms with van der Waals surface area (Å²) in [6.07, 6.45) is 2.82. The zero-order valence-corrected chi connectivity index (χ0v) is 14.1. The van der Waals surface area contributed by atoms with Crippen molar-refractivity contribution in [2.75, 3.05) is 19.8 Å².